The fraction of sp³-hybridized carbons (Fsp3) is 0.0667. The number of amides is 1. The van der Waals surface area contributed by atoms with Gasteiger partial charge in [-0.3, -0.25) is 4.79 Å². The van der Waals surface area contributed by atoms with Crippen molar-refractivity contribution < 1.29 is 4.79 Å². The van der Waals surface area contributed by atoms with Crippen molar-refractivity contribution in [2.45, 2.75) is 6.54 Å². The Hall–Kier alpha value is -3.11. The van der Waals surface area contributed by atoms with E-state index >= 15 is 0 Å². The molecule has 26 heavy (non-hydrogen) atoms. The van der Waals surface area contributed by atoms with Crippen molar-refractivity contribution in [3.05, 3.63) is 53.4 Å². The quantitative estimate of drug-likeness (QED) is 0.564. The third-order valence-corrected chi connectivity index (χ3v) is 4.48. The van der Waals surface area contributed by atoms with Crippen molar-refractivity contribution in [3.63, 3.8) is 0 Å². The first-order valence-electron chi connectivity index (χ1n) is 7.45. The Morgan fingerprint density at radius 1 is 1.31 bits per heavy atom. The number of tetrazole rings is 1. The number of nitrogens with one attached hydrogen (secondary N) is 1. The standard InChI is InChI=1S/C15H11ClN8OS/c16-10-3-4-12(23-9-17-8-18-23)11(6-10)19-14(25)7-24-21-15(20-22-24)13-2-1-5-26-13/h1-6,8-9H,7H2,(H,19,25). The van der Waals surface area contributed by atoms with E-state index in [-0.39, 0.29) is 12.5 Å². The van der Waals surface area contributed by atoms with Gasteiger partial charge in [0.2, 0.25) is 11.7 Å². The van der Waals surface area contributed by atoms with E-state index in [2.05, 4.69) is 30.8 Å². The second-order valence-electron chi connectivity index (χ2n) is 5.17. The molecule has 1 aromatic carbocycles. The van der Waals surface area contributed by atoms with E-state index in [1.165, 1.54) is 33.5 Å². The van der Waals surface area contributed by atoms with Gasteiger partial charge in [-0.05, 0) is 34.9 Å². The van der Waals surface area contributed by atoms with Crippen molar-refractivity contribution in [2.24, 2.45) is 0 Å². The van der Waals surface area contributed by atoms with E-state index in [0.717, 1.165) is 4.88 Å². The van der Waals surface area contributed by atoms with Crippen molar-refractivity contribution in [1.82, 2.24) is 35.0 Å². The Balaban J connectivity index is 1.51. The molecule has 1 N–H and O–H groups in total. The zero-order valence-electron chi connectivity index (χ0n) is 13.2. The molecule has 9 nitrogen and oxygen atoms in total. The van der Waals surface area contributed by atoms with Gasteiger partial charge >= 0.3 is 0 Å². The van der Waals surface area contributed by atoms with Crippen LogP contribution in [0.15, 0.2) is 48.4 Å². The second kappa shape index (κ2) is 7.02. The normalized spacial score (nSPS) is 10.8. The summed E-state index contributed by atoms with van der Waals surface area (Å²) in [5.74, 6) is 0.169. The van der Waals surface area contributed by atoms with E-state index in [9.17, 15) is 4.79 Å². The molecule has 0 aliphatic heterocycles. The van der Waals surface area contributed by atoms with Crippen LogP contribution in [0.1, 0.15) is 0 Å². The van der Waals surface area contributed by atoms with E-state index < -0.39 is 0 Å². The van der Waals surface area contributed by atoms with Gasteiger partial charge in [0.15, 0.2) is 0 Å². The van der Waals surface area contributed by atoms with Crippen LogP contribution in [0, 0.1) is 0 Å². The number of nitrogens with zero attached hydrogens (tertiary/aromatic N) is 7. The lowest BCUT2D eigenvalue weighted by Gasteiger charge is -2.11. The Kier molecular flexibility index (Phi) is 4.42. The van der Waals surface area contributed by atoms with Gasteiger partial charge in [-0.15, -0.1) is 21.5 Å². The second-order valence-corrected chi connectivity index (χ2v) is 6.55. The van der Waals surface area contributed by atoms with Crippen LogP contribution in [-0.4, -0.2) is 40.9 Å². The molecule has 0 fully saturated rings. The van der Waals surface area contributed by atoms with Crippen molar-refractivity contribution in [1.29, 1.82) is 0 Å². The summed E-state index contributed by atoms with van der Waals surface area (Å²) < 4.78 is 1.54. The molecule has 0 atom stereocenters. The third-order valence-electron chi connectivity index (χ3n) is 3.38. The van der Waals surface area contributed by atoms with Crippen molar-refractivity contribution in [2.75, 3.05) is 5.32 Å². The Morgan fingerprint density at radius 2 is 2.23 bits per heavy atom. The number of hydrogen-bond donors (Lipinski definition) is 1. The van der Waals surface area contributed by atoms with Gasteiger partial charge in [-0.1, -0.05) is 17.7 Å². The summed E-state index contributed by atoms with van der Waals surface area (Å²) in [5.41, 5.74) is 1.15. The molecule has 4 rings (SSSR count). The third kappa shape index (κ3) is 3.46. The van der Waals surface area contributed by atoms with Gasteiger partial charge in [-0.25, -0.2) is 9.67 Å². The number of hydrogen-bond acceptors (Lipinski definition) is 7. The lowest BCUT2D eigenvalue weighted by Crippen LogP contribution is -2.21. The smallest absolute Gasteiger partial charge is 0.248 e. The number of aromatic nitrogens is 7. The monoisotopic (exact) mass is 386 g/mol. The van der Waals surface area contributed by atoms with Crippen LogP contribution in [0.3, 0.4) is 0 Å². The minimum atomic E-state index is -0.316. The highest BCUT2D eigenvalue weighted by atomic mass is 35.5. The number of halogens is 1. The molecule has 1 amide bonds. The number of carbonyl (C=O) groups excluding carboxylic acids is 1. The predicted octanol–water partition coefficient (Wildman–Crippen LogP) is 2.27. The largest absolute Gasteiger partial charge is 0.322 e. The summed E-state index contributed by atoms with van der Waals surface area (Å²) in [6.07, 6.45) is 2.94. The molecular weight excluding hydrogens is 376 g/mol. The molecule has 0 unspecified atom stereocenters. The lowest BCUT2D eigenvalue weighted by molar-refractivity contribution is -0.117. The SMILES string of the molecule is O=C(Cn1nnc(-c2cccs2)n1)Nc1cc(Cl)ccc1-n1cncn1. The Bertz CT molecular complexity index is 1030. The summed E-state index contributed by atoms with van der Waals surface area (Å²) >= 11 is 7.55. The van der Waals surface area contributed by atoms with E-state index in [4.69, 9.17) is 11.6 Å². The van der Waals surface area contributed by atoms with E-state index in [1.54, 1.807) is 18.2 Å². The number of carbonyl (C=O) groups is 1. The molecule has 0 aliphatic carbocycles. The van der Waals surface area contributed by atoms with E-state index in [0.29, 0.717) is 22.2 Å². The molecular formula is C15H11ClN8OS. The molecule has 11 heteroatoms. The first-order valence-corrected chi connectivity index (χ1v) is 8.71. The number of thiophene rings is 1. The molecule has 0 saturated heterocycles. The van der Waals surface area contributed by atoms with Crippen LogP contribution in [0.25, 0.3) is 16.4 Å². The summed E-state index contributed by atoms with van der Waals surface area (Å²) in [5, 5.41) is 21.4. The molecule has 3 aromatic heterocycles. The summed E-state index contributed by atoms with van der Waals surface area (Å²) in [6, 6.07) is 8.89. The van der Waals surface area contributed by atoms with Crippen LogP contribution >= 0.6 is 22.9 Å². The number of anilines is 1. The average Bonchev–Trinajstić information content (AvgIpc) is 3.37. The van der Waals surface area contributed by atoms with Gasteiger partial charge in [0.1, 0.15) is 19.2 Å². The Labute approximate surface area is 156 Å². The van der Waals surface area contributed by atoms with Gasteiger partial charge in [0.25, 0.3) is 0 Å². The molecule has 0 spiro atoms. The maximum Gasteiger partial charge on any atom is 0.248 e. The van der Waals surface area contributed by atoms with Crippen LogP contribution in [-0.2, 0) is 11.3 Å². The average molecular weight is 387 g/mol. The lowest BCUT2D eigenvalue weighted by atomic mass is 10.2. The highest BCUT2D eigenvalue weighted by Gasteiger charge is 2.13. The maximum atomic E-state index is 12.4. The van der Waals surface area contributed by atoms with Crippen molar-refractivity contribution in [3.8, 4) is 16.4 Å². The fourth-order valence-electron chi connectivity index (χ4n) is 2.27. The molecule has 4 aromatic rings. The summed E-state index contributed by atoms with van der Waals surface area (Å²) in [6.45, 7) is -0.0817. The van der Waals surface area contributed by atoms with Gasteiger partial charge in [0, 0.05) is 5.02 Å². The summed E-state index contributed by atoms with van der Waals surface area (Å²) in [7, 11) is 0. The molecule has 0 saturated carbocycles. The first-order chi connectivity index (χ1) is 12.7. The maximum absolute atomic E-state index is 12.4. The van der Waals surface area contributed by atoms with Gasteiger partial charge in [0.05, 0.1) is 16.3 Å². The zero-order chi connectivity index (χ0) is 17.9. The number of benzene rings is 1. The van der Waals surface area contributed by atoms with Crippen LogP contribution in [0.2, 0.25) is 5.02 Å². The van der Waals surface area contributed by atoms with Gasteiger partial charge < -0.3 is 5.32 Å². The highest BCUT2D eigenvalue weighted by Crippen LogP contribution is 2.24. The topological polar surface area (TPSA) is 103 Å². The van der Waals surface area contributed by atoms with Crippen LogP contribution in [0.5, 0.6) is 0 Å². The fourth-order valence-corrected chi connectivity index (χ4v) is 3.09. The first kappa shape index (κ1) is 16.4. The molecule has 0 bridgehead atoms. The molecule has 3 heterocycles. The summed E-state index contributed by atoms with van der Waals surface area (Å²) in [4.78, 5) is 18.4. The predicted molar refractivity (Wildman–Crippen MR) is 96.1 cm³/mol. The molecule has 0 radical (unpaired) electrons. The van der Waals surface area contributed by atoms with Crippen LogP contribution < -0.4 is 5.32 Å². The minimum Gasteiger partial charge on any atom is -0.322 e. The molecule has 130 valence electrons. The zero-order valence-corrected chi connectivity index (χ0v) is 14.7. The highest BCUT2D eigenvalue weighted by molar-refractivity contribution is 7.13. The number of rotatable bonds is 5. The molecule has 0 aliphatic rings. The van der Waals surface area contributed by atoms with Gasteiger partial charge in [-0.2, -0.15) is 9.90 Å². The minimum absolute atomic E-state index is 0.0817. The Morgan fingerprint density at radius 3 is 3.00 bits per heavy atom. The van der Waals surface area contributed by atoms with Crippen molar-refractivity contribution >= 4 is 34.5 Å². The van der Waals surface area contributed by atoms with E-state index in [1.807, 2.05) is 17.5 Å². The van der Waals surface area contributed by atoms with Crippen LogP contribution in [0.4, 0.5) is 5.69 Å².